The quantitative estimate of drug-likeness (QED) is 0.656. The van der Waals surface area contributed by atoms with Crippen molar-refractivity contribution in [3.05, 3.63) is 29.3 Å². The van der Waals surface area contributed by atoms with E-state index in [4.69, 9.17) is 10.5 Å². The van der Waals surface area contributed by atoms with Crippen molar-refractivity contribution >= 4 is 11.6 Å². The molecule has 0 aromatic heterocycles. The SMILES string of the molecule is COC(C)(C)CN=C(N)Nc1cccc2c1CCCC2. The summed E-state index contributed by atoms with van der Waals surface area (Å²) in [6.07, 6.45) is 4.81. The lowest BCUT2D eigenvalue weighted by Crippen LogP contribution is -2.30. The van der Waals surface area contributed by atoms with E-state index >= 15 is 0 Å². The first-order valence-corrected chi connectivity index (χ1v) is 7.25. The second-order valence-electron chi connectivity index (χ2n) is 5.94. The highest BCUT2D eigenvalue weighted by molar-refractivity contribution is 5.93. The van der Waals surface area contributed by atoms with E-state index in [0.717, 1.165) is 12.1 Å². The molecule has 0 bridgehead atoms. The Hall–Kier alpha value is -1.55. The van der Waals surface area contributed by atoms with E-state index in [1.165, 1.54) is 30.4 Å². The number of ether oxygens (including phenoxy) is 1. The normalized spacial score (nSPS) is 15.8. The van der Waals surface area contributed by atoms with Crippen molar-refractivity contribution < 1.29 is 4.74 Å². The number of fused-ring (bicyclic) bond motifs is 1. The van der Waals surface area contributed by atoms with Crippen LogP contribution in [-0.2, 0) is 17.6 Å². The third kappa shape index (κ3) is 3.73. The van der Waals surface area contributed by atoms with E-state index < -0.39 is 0 Å². The maximum Gasteiger partial charge on any atom is 0.193 e. The van der Waals surface area contributed by atoms with Crippen LogP contribution in [0, 0.1) is 0 Å². The van der Waals surface area contributed by atoms with E-state index in [1.807, 2.05) is 13.8 Å². The predicted octanol–water partition coefficient (Wildman–Crippen LogP) is 2.72. The van der Waals surface area contributed by atoms with Gasteiger partial charge in [0.15, 0.2) is 5.96 Å². The monoisotopic (exact) mass is 275 g/mol. The zero-order valence-electron chi connectivity index (χ0n) is 12.7. The summed E-state index contributed by atoms with van der Waals surface area (Å²) in [7, 11) is 1.69. The van der Waals surface area contributed by atoms with Crippen molar-refractivity contribution in [3.8, 4) is 0 Å². The lowest BCUT2D eigenvalue weighted by Gasteiger charge is -2.22. The van der Waals surface area contributed by atoms with Crippen molar-refractivity contribution in [3.63, 3.8) is 0 Å². The highest BCUT2D eigenvalue weighted by Gasteiger charge is 2.16. The fraction of sp³-hybridized carbons (Fsp3) is 0.562. The molecule has 0 atom stereocenters. The van der Waals surface area contributed by atoms with Gasteiger partial charge < -0.3 is 15.8 Å². The van der Waals surface area contributed by atoms with E-state index in [-0.39, 0.29) is 5.60 Å². The number of nitrogens with one attached hydrogen (secondary N) is 1. The molecular formula is C16H25N3O. The van der Waals surface area contributed by atoms with Crippen LogP contribution < -0.4 is 11.1 Å². The summed E-state index contributed by atoms with van der Waals surface area (Å²) in [6.45, 7) is 4.53. The minimum absolute atomic E-state index is 0.289. The van der Waals surface area contributed by atoms with Crippen LogP contribution in [0.15, 0.2) is 23.2 Å². The first-order chi connectivity index (χ1) is 9.52. The standard InChI is InChI=1S/C16H25N3O/c1-16(2,20-3)11-18-15(17)19-14-10-6-8-12-7-4-5-9-13(12)14/h6,8,10H,4-5,7,9,11H2,1-3H3,(H3,17,18,19). The molecule has 20 heavy (non-hydrogen) atoms. The van der Waals surface area contributed by atoms with Gasteiger partial charge in [-0.1, -0.05) is 12.1 Å². The van der Waals surface area contributed by atoms with Crippen molar-refractivity contribution in [2.45, 2.75) is 45.1 Å². The van der Waals surface area contributed by atoms with E-state index in [9.17, 15) is 0 Å². The van der Waals surface area contributed by atoms with Crippen molar-refractivity contribution in [2.24, 2.45) is 10.7 Å². The van der Waals surface area contributed by atoms with Gasteiger partial charge in [-0.25, -0.2) is 0 Å². The van der Waals surface area contributed by atoms with Crippen molar-refractivity contribution in [1.82, 2.24) is 0 Å². The summed E-state index contributed by atoms with van der Waals surface area (Å²) >= 11 is 0. The number of aryl methyl sites for hydroxylation is 1. The number of rotatable bonds is 4. The number of guanidine groups is 1. The number of nitrogens with zero attached hydrogens (tertiary/aromatic N) is 1. The number of nitrogens with two attached hydrogens (primary N) is 1. The Bertz CT molecular complexity index is 494. The van der Waals surface area contributed by atoms with Crippen molar-refractivity contribution in [2.75, 3.05) is 19.0 Å². The summed E-state index contributed by atoms with van der Waals surface area (Å²) < 4.78 is 5.34. The zero-order chi connectivity index (χ0) is 14.6. The van der Waals surface area contributed by atoms with Gasteiger partial charge in [-0.2, -0.15) is 0 Å². The molecule has 0 saturated heterocycles. The molecule has 3 N–H and O–H groups in total. The number of anilines is 1. The second kappa shape index (κ2) is 6.27. The van der Waals surface area contributed by atoms with Crippen LogP contribution in [-0.4, -0.2) is 25.2 Å². The Morgan fingerprint density at radius 1 is 1.35 bits per heavy atom. The number of methoxy groups -OCH3 is 1. The molecule has 1 aromatic rings. The van der Waals surface area contributed by atoms with Gasteiger partial charge in [0.2, 0.25) is 0 Å². The van der Waals surface area contributed by atoms with Crippen LogP contribution in [0.1, 0.15) is 37.8 Å². The number of benzene rings is 1. The minimum Gasteiger partial charge on any atom is -0.377 e. The molecule has 1 aliphatic carbocycles. The lowest BCUT2D eigenvalue weighted by molar-refractivity contribution is 0.0312. The molecule has 0 fully saturated rings. The summed E-state index contributed by atoms with van der Waals surface area (Å²) in [4.78, 5) is 4.37. The molecule has 2 rings (SSSR count). The maximum atomic E-state index is 5.98. The lowest BCUT2D eigenvalue weighted by atomic mass is 9.90. The highest BCUT2D eigenvalue weighted by atomic mass is 16.5. The molecule has 4 nitrogen and oxygen atoms in total. The van der Waals surface area contributed by atoms with E-state index in [0.29, 0.717) is 12.5 Å². The average Bonchev–Trinajstić information content (AvgIpc) is 2.46. The van der Waals surface area contributed by atoms with Crippen LogP contribution >= 0.6 is 0 Å². The highest BCUT2D eigenvalue weighted by Crippen LogP contribution is 2.27. The van der Waals surface area contributed by atoms with E-state index in [2.05, 4.69) is 28.5 Å². The Morgan fingerprint density at radius 2 is 2.10 bits per heavy atom. The summed E-state index contributed by atoms with van der Waals surface area (Å²) in [5, 5.41) is 3.24. The predicted molar refractivity (Wildman–Crippen MR) is 84.3 cm³/mol. The van der Waals surface area contributed by atoms with Gasteiger partial charge in [0, 0.05) is 12.8 Å². The third-order valence-corrected chi connectivity index (χ3v) is 3.84. The summed E-state index contributed by atoms with van der Waals surface area (Å²) in [6, 6.07) is 6.37. The zero-order valence-corrected chi connectivity index (χ0v) is 12.7. The molecule has 0 unspecified atom stereocenters. The Labute approximate surface area is 121 Å². The molecule has 0 spiro atoms. The minimum atomic E-state index is -0.289. The molecule has 1 aromatic carbocycles. The topological polar surface area (TPSA) is 59.6 Å². The number of hydrogen-bond acceptors (Lipinski definition) is 2. The Kier molecular flexibility index (Phi) is 4.65. The molecule has 0 saturated carbocycles. The maximum absolute atomic E-state index is 5.98. The van der Waals surface area contributed by atoms with Gasteiger partial charge in [-0.05, 0) is 56.7 Å². The van der Waals surface area contributed by atoms with Crippen molar-refractivity contribution in [1.29, 1.82) is 0 Å². The number of aliphatic imine (C=N–C) groups is 1. The fourth-order valence-electron chi connectivity index (χ4n) is 2.42. The van der Waals surface area contributed by atoms with Crippen LogP contribution in [0.5, 0.6) is 0 Å². The molecule has 0 aliphatic heterocycles. The van der Waals surface area contributed by atoms with Gasteiger partial charge in [0.25, 0.3) is 0 Å². The number of hydrogen-bond donors (Lipinski definition) is 2. The van der Waals surface area contributed by atoms with Gasteiger partial charge in [-0.15, -0.1) is 0 Å². The Morgan fingerprint density at radius 3 is 2.85 bits per heavy atom. The van der Waals surface area contributed by atoms with Gasteiger partial charge in [0.1, 0.15) is 0 Å². The first kappa shape index (κ1) is 14.9. The van der Waals surface area contributed by atoms with E-state index in [1.54, 1.807) is 7.11 Å². The summed E-state index contributed by atoms with van der Waals surface area (Å²) in [5.74, 6) is 0.453. The van der Waals surface area contributed by atoms with Gasteiger partial charge in [0.05, 0.1) is 12.1 Å². The molecule has 0 heterocycles. The largest absolute Gasteiger partial charge is 0.377 e. The molecule has 1 aliphatic rings. The smallest absolute Gasteiger partial charge is 0.193 e. The summed E-state index contributed by atoms with van der Waals surface area (Å²) in [5.41, 5.74) is 9.62. The molecular weight excluding hydrogens is 250 g/mol. The van der Waals surface area contributed by atoms with Crippen LogP contribution in [0.4, 0.5) is 5.69 Å². The Balaban J connectivity index is 2.08. The van der Waals surface area contributed by atoms with Crippen LogP contribution in [0.3, 0.4) is 0 Å². The van der Waals surface area contributed by atoms with Gasteiger partial charge in [-0.3, -0.25) is 4.99 Å². The van der Waals surface area contributed by atoms with Crippen LogP contribution in [0.25, 0.3) is 0 Å². The molecule has 0 amide bonds. The molecule has 110 valence electrons. The fourth-order valence-corrected chi connectivity index (χ4v) is 2.42. The van der Waals surface area contributed by atoms with Crippen LogP contribution in [0.2, 0.25) is 0 Å². The average molecular weight is 275 g/mol. The third-order valence-electron chi connectivity index (χ3n) is 3.84. The molecule has 0 radical (unpaired) electrons. The van der Waals surface area contributed by atoms with Gasteiger partial charge >= 0.3 is 0 Å². The first-order valence-electron chi connectivity index (χ1n) is 7.25. The second-order valence-corrected chi connectivity index (χ2v) is 5.94. The molecule has 4 heteroatoms.